The van der Waals surface area contributed by atoms with Crippen molar-refractivity contribution in [2.45, 2.75) is 0 Å². The van der Waals surface area contributed by atoms with Crippen molar-refractivity contribution in [3.05, 3.63) is 29.5 Å². The van der Waals surface area contributed by atoms with Gasteiger partial charge in [-0.05, 0) is 0 Å². The molecule has 52 valence electrons. The van der Waals surface area contributed by atoms with Crippen LogP contribution in [-0.2, 0) is 0 Å². The number of allylic oxidation sites excluding steroid dienone is 1. The molecule has 0 aliphatic carbocycles. The van der Waals surface area contributed by atoms with E-state index >= 15 is 0 Å². The summed E-state index contributed by atoms with van der Waals surface area (Å²) in [5.74, 6) is 0. The first-order chi connectivity index (χ1) is 4.86. The zero-order valence-corrected chi connectivity index (χ0v) is 5.06. The minimum Gasteiger partial charge on any atom is -0.755 e. The molecule has 10 heavy (non-hydrogen) atoms. The SMILES string of the molecule is [O-]N1C=CN2NN=CC2=C1. The second-order valence-corrected chi connectivity index (χ2v) is 1.94. The summed E-state index contributed by atoms with van der Waals surface area (Å²) in [4.78, 5) is 0. The van der Waals surface area contributed by atoms with Crippen molar-refractivity contribution in [3.8, 4) is 0 Å². The molecule has 0 radical (unpaired) electrons. The molecule has 2 heterocycles. The Hall–Kier alpha value is -1.49. The van der Waals surface area contributed by atoms with Crippen molar-refractivity contribution in [1.82, 2.24) is 15.6 Å². The second-order valence-electron chi connectivity index (χ2n) is 1.94. The molecule has 2 aliphatic rings. The van der Waals surface area contributed by atoms with E-state index in [2.05, 4.69) is 10.6 Å². The fourth-order valence-corrected chi connectivity index (χ4v) is 0.798. The Morgan fingerprint density at radius 3 is 3.30 bits per heavy atom. The van der Waals surface area contributed by atoms with Gasteiger partial charge in [0.05, 0.1) is 11.9 Å². The molecule has 5 nitrogen and oxygen atoms in total. The number of rotatable bonds is 0. The van der Waals surface area contributed by atoms with E-state index in [1.54, 1.807) is 17.4 Å². The molecular formula is C5H5N4O-. The number of hydroxylamine groups is 2. The van der Waals surface area contributed by atoms with Crippen LogP contribution in [0, 0.1) is 5.21 Å². The van der Waals surface area contributed by atoms with E-state index in [1.807, 2.05) is 0 Å². The molecule has 1 N–H and O–H groups in total. The fourth-order valence-electron chi connectivity index (χ4n) is 0.798. The molecule has 0 aromatic rings. The largest absolute Gasteiger partial charge is 0.755 e. The highest BCUT2D eigenvalue weighted by Gasteiger charge is 2.11. The first-order valence-corrected chi connectivity index (χ1v) is 2.80. The Bertz CT molecular complexity index is 232. The van der Waals surface area contributed by atoms with E-state index in [4.69, 9.17) is 0 Å². The fraction of sp³-hybridized carbons (Fsp3) is 0. The van der Waals surface area contributed by atoms with Crippen LogP contribution in [0.3, 0.4) is 0 Å². The summed E-state index contributed by atoms with van der Waals surface area (Å²) < 4.78 is 0. The number of hydrogen-bond acceptors (Lipinski definition) is 5. The zero-order chi connectivity index (χ0) is 6.97. The molecule has 0 aromatic carbocycles. The van der Waals surface area contributed by atoms with Gasteiger partial charge in [0.25, 0.3) is 0 Å². The minimum atomic E-state index is 0.727. The predicted molar refractivity (Wildman–Crippen MR) is 35.9 cm³/mol. The normalized spacial score (nSPS) is 20.7. The Labute approximate surface area is 57.5 Å². The summed E-state index contributed by atoms with van der Waals surface area (Å²) in [7, 11) is 0. The molecule has 0 saturated heterocycles. The van der Waals surface area contributed by atoms with Gasteiger partial charge in [-0.25, -0.2) is 10.5 Å². The van der Waals surface area contributed by atoms with Crippen molar-refractivity contribution < 1.29 is 0 Å². The third kappa shape index (κ3) is 0.645. The maximum absolute atomic E-state index is 10.6. The van der Waals surface area contributed by atoms with Crippen molar-refractivity contribution in [2.24, 2.45) is 5.10 Å². The highest BCUT2D eigenvalue weighted by molar-refractivity contribution is 5.79. The van der Waals surface area contributed by atoms with Crippen LogP contribution in [0.4, 0.5) is 0 Å². The minimum absolute atomic E-state index is 0.727. The third-order valence-corrected chi connectivity index (χ3v) is 1.26. The number of hydrogen-bond donors (Lipinski definition) is 1. The van der Waals surface area contributed by atoms with Crippen molar-refractivity contribution in [1.29, 1.82) is 0 Å². The lowest BCUT2D eigenvalue weighted by Gasteiger charge is -2.28. The maximum Gasteiger partial charge on any atom is 0.0994 e. The monoisotopic (exact) mass is 137 g/mol. The van der Waals surface area contributed by atoms with E-state index in [0.29, 0.717) is 0 Å². The summed E-state index contributed by atoms with van der Waals surface area (Å²) in [6.45, 7) is 0. The lowest BCUT2D eigenvalue weighted by atomic mass is 10.4. The number of hydrazone groups is 1. The topological polar surface area (TPSA) is 53.9 Å². The standard InChI is InChI=1S/C5H5N4O/c10-8-1-2-9-5(4-8)3-6-7-9/h1-4,7H/q-1. The molecule has 0 atom stereocenters. The molecule has 0 spiro atoms. The van der Waals surface area contributed by atoms with Crippen LogP contribution in [-0.4, -0.2) is 16.3 Å². The highest BCUT2D eigenvalue weighted by atomic mass is 16.5. The second kappa shape index (κ2) is 1.74. The number of nitrogens with zero attached hydrogens (tertiary/aromatic N) is 3. The maximum atomic E-state index is 10.6. The molecule has 0 unspecified atom stereocenters. The summed E-state index contributed by atoms with van der Waals surface area (Å²) in [6.07, 6.45) is 6.01. The lowest BCUT2D eigenvalue weighted by molar-refractivity contribution is 0.365. The molecule has 0 saturated carbocycles. The molecule has 5 heteroatoms. The van der Waals surface area contributed by atoms with Crippen LogP contribution in [0.5, 0.6) is 0 Å². The van der Waals surface area contributed by atoms with Crippen molar-refractivity contribution >= 4 is 6.21 Å². The molecule has 2 aliphatic heterocycles. The van der Waals surface area contributed by atoms with Gasteiger partial charge in [-0.3, -0.25) is 0 Å². The molecule has 0 amide bonds. The average molecular weight is 137 g/mol. The van der Waals surface area contributed by atoms with Gasteiger partial charge in [0.1, 0.15) is 0 Å². The molecule has 0 bridgehead atoms. The summed E-state index contributed by atoms with van der Waals surface area (Å²) in [5, 5.41) is 16.7. The van der Waals surface area contributed by atoms with Gasteiger partial charge in [-0.2, -0.15) is 5.10 Å². The highest BCUT2D eigenvalue weighted by Crippen LogP contribution is 2.11. The summed E-state index contributed by atoms with van der Waals surface area (Å²) >= 11 is 0. The van der Waals surface area contributed by atoms with Gasteiger partial charge >= 0.3 is 0 Å². The lowest BCUT2D eigenvalue weighted by Crippen LogP contribution is -2.26. The van der Waals surface area contributed by atoms with Gasteiger partial charge < -0.3 is 10.3 Å². The number of nitrogens with one attached hydrogen (secondary N) is 1. The van der Waals surface area contributed by atoms with Gasteiger partial charge in [-0.15, -0.1) is 0 Å². The van der Waals surface area contributed by atoms with Gasteiger partial charge in [-0.1, -0.05) is 0 Å². The van der Waals surface area contributed by atoms with E-state index in [0.717, 1.165) is 10.8 Å². The van der Waals surface area contributed by atoms with Crippen molar-refractivity contribution in [2.75, 3.05) is 0 Å². The average Bonchev–Trinajstić information content (AvgIpc) is 2.33. The Morgan fingerprint density at radius 1 is 1.50 bits per heavy atom. The molecule has 2 rings (SSSR count). The van der Waals surface area contributed by atoms with Crippen LogP contribution in [0.2, 0.25) is 0 Å². The summed E-state index contributed by atoms with van der Waals surface area (Å²) in [6, 6.07) is 0. The Kier molecular flexibility index (Phi) is 0.925. The van der Waals surface area contributed by atoms with Crippen LogP contribution in [0.25, 0.3) is 0 Å². The van der Waals surface area contributed by atoms with Crippen LogP contribution in [0.15, 0.2) is 29.4 Å². The van der Waals surface area contributed by atoms with Crippen LogP contribution in [0.1, 0.15) is 0 Å². The third-order valence-electron chi connectivity index (χ3n) is 1.26. The number of hydrazine groups is 1. The van der Waals surface area contributed by atoms with E-state index in [1.165, 1.54) is 12.4 Å². The van der Waals surface area contributed by atoms with Crippen LogP contribution < -0.4 is 5.53 Å². The zero-order valence-electron chi connectivity index (χ0n) is 5.06. The molecule has 0 aromatic heterocycles. The van der Waals surface area contributed by atoms with Gasteiger partial charge in [0.2, 0.25) is 0 Å². The van der Waals surface area contributed by atoms with E-state index in [-0.39, 0.29) is 0 Å². The first kappa shape index (κ1) is 5.31. The molecular weight excluding hydrogens is 132 g/mol. The molecule has 0 fully saturated rings. The van der Waals surface area contributed by atoms with E-state index < -0.39 is 0 Å². The smallest absolute Gasteiger partial charge is 0.0994 e. The Balaban J connectivity index is 2.28. The van der Waals surface area contributed by atoms with Gasteiger partial charge in [0, 0.05) is 18.6 Å². The Morgan fingerprint density at radius 2 is 2.40 bits per heavy atom. The first-order valence-electron chi connectivity index (χ1n) is 2.80. The van der Waals surface area contributed by atoms with Crippen LogP contribution >= 0.6 is 0 Å². The van der Waals surface area contributed by atoms with Gasteiger partial charge in [0.15, 0.2) is 0 Å². The van der Waals surface area contributed by atoms with Crippen molar-refractivity contribution in [3.63, 3.8) is 0 Å². The quantitative estimate of drug-likeness (QED) is 0.507. The number of fused-ring (bicyclic) bond motifs is 1. The summed E-state index contributed by atoms with van der Waals surface area (Å²) in [5.41, 5.74) is 3.41. The predicted octanol–water partition coefficient (Wildman–Crippen LogP) is -0.0816. The van der Waals surface area contributed by atoms with E-state index in [9.17, 15) is 5.21 Å².